The number of hydrogen-bond donors (Lipinski definition) is 2. The molecule has 17 heavy (non-hydrogen) atoms. The SMILES string of the molecule is O=S1(=O)CC(Cl)C(NS(=O)(=O)c2ccn[nH]2)C1. The molecular weight excluding hydrogens is 290 g/mol. The fraction of sp³-hybridized carbons (Fsp3) is 0.571. The van der Waals surface area contributed by atoms with E-state index in [1.54, 1.807) is 0 Å². The van der Waals surface area contributed by atoms with Gasteiger partial charge in [-0.3, -0.25) is 5.10 Å². The van der Waals surface area contributed by atoms with E-state index in [9.17, 15) is 16.8 Å². The van der Waals surface area contributed by atoms with Crippen LogP contribution in [0.4, 0.5) is 0 Å². The maximum Gasteiger partial charge on any atom is 0.257 e. The van der Waals surface area contributed by atoms with Gasteiger partial charge in [-0.25, -0.2) is 21.6 Å². The minimum atomic E-state index is -3.80. The summed E-state index contributed by atoms with van der Waals surface area (Å²) in [7, 11) is -7.07. The predicted molar refractivity (Wildman–Crippen MR) is 61.0 cm³/mol. The highest BCUT2D eigenvalue weighted by atomic mass is 35.5. The number of sulfonamides is 1. The highest BCUT2D eigenvalue weighted by Gasteiger charge is 2.39. The summed E-state index contributed by atoms with van der Waals surface area (Å²) in [5.41, 5.74) is 0. The average molecular weight is 300 g/mol. The van der Waals surface area contributed by atoms with Gasteiger partial charge in [0.15, 0.2) is 14.9 Å². The third-order valence-corrected chi connectivity index (χ3v) is 6.15. The molecular formula is C7H10ClN3O4S2. The third kappa shape index (κ3) is 2.79. The van der Waals surface area contributed by atoms with Gasteiger partial charge in [-0.15, -0.1) is 11.6 Å². The minimum Gasteiger partial charge on any atom is -0.266 e. The second-order valence-corrected chi connectivity index (χ2v) is 8.14. The summed E-state index contributed by atoms with van der Waals surface area (Å²) in [6.45, 7) is 0. The Morgan fingerprint density at radius 2 is 2.18 bits per heavy atom. The van der Waals surface area contributed by atoms with E-state index >= 15 is 0 Å². The van der Waals surface area contributed by atoms with Crippen LogP contribution in [0.5, 0.6) is 0 Å². The first-order chi connectivity index (χ1) is 7.80. The second-order valence-electron chi connectivity index (χ2n) is 3.74. The number of rotatable bonds is 3. The zero-order valence-corrected chi connectivity index (χ0v) is 10.9. The lowest BCUT2D eigenvalue weighted by Gasteiger charge is -2.13. The van der Waals surface area contributed by atoms with Crippen molar-refractivity contribution in [2.45, 2.75) is 16.4 Å². The smallest absolute Gasteiger partial charge is 0.257 e. The lowest BCUT2D eigenvalue weighted by atomic mass is 10.3. The Hall–Kier alpha value is -0.640. The van der Waals surface area contributed by atoms with Gasteiger partial charge in [0.2, 0.25) is 0 Å². The Morgan fingerprint density at radius 3 is 2.65 bits per heavy atom. The van der Waals surface area contributed by atoms with Crippen molar-refractivity contribution in [3.63, 3.8) is 0 Å². The van der Waals surface area contributed by atoms with Crippen LogP contribution in [0.2, 0.25) is 0 Å². The first kappa shape index (κ1) is 12.8. The monoisotopic (exact) mass is 299 g/mol. The van der Waals surface area contributed by atoms with E-state index in [0.29, 0.717) is 0 Å². The van der Waals surface area contributed by atoms with Gasteiger partial charge in [-0.1, -0.05) is 0 Å². The van der Waals surface area contributed by atoms with Crippen molar-refractivity contribution in [2.24, 2.45) is 0 Å². The summed E-state index contributed by atoms with van der Waals surface area (Å²) in [5.74, 6) is -0.501. The van der Waals surface area contributed by atoms with Crippen LogP contribution >= 0.6 is 11.6 Å². The zero-order chi connectivity index (χ0) is 12.7. The highest BCUT2D eigenvalue weighted by Crippen LogP contribution is 2.19. The number of hydrogen-bond acceptors (Lipinski definition) is 5. The molecule has 2 N–H and O–H groups in total. The lowest BCUT2D eigenvalue weighted by Crippen LogP contribution is -2.40. The molecule has 0 spiro atoms. The van der Waals surface area contributed by atoms with Crippen molar-refractivity contribution in [3.05, 3.63) is 12.3 Å². The quantitative estimate of drug-likeness (QED) is 0.703. The Balaban J connectivity index is 2.18. The summed E-state index contributed by atoms with van der Waals surface area (Å²) in [5, 5.41) is 4.94. The van der Waals surface area contributed by atoms with E-state index in [-0.39, 0.29) is 16.5 Å². The number of alkyl halides is 1. The van der Waals surface area contributed by atoms with E-state index in [4.69, 9.17) is 11.6 Å². The molecule has 10 heteroatoms. The fourth-order valence-corrected chi connectivity index (χ4v) is 5.48. The van der Waals surface area contributed by atoms with Gasteiger partial charge < -0.3 is 0 Å². The average Bonchev–Trinajstić information content (AvgIpc) is 2.74. The van der Waals surface area contributed by atoms with Crippen molar-refractivity contribution in [1.29, 1.82) is 0 Å². The van der Waals surface area contributed by atoms with Gasteiger partial charge >= 0.3 is 0 Å². The molecule has 1 aromatic rings. The van der Waals surface area contributed by atoms with E-state index in [0.717, 1.165) is 0 Å². The predicted octanol–water partition coefficient (Wildman–Crippen LogP) is -0.908. The largest absolute Gasteiger partial charge is 0.266 e. The van der Waals surface area contributed by atoms with Crippen molar-refractivity contribution in [2.75, 3.05) is 11.5 Å². The van der Waals surface area contributed by atoms with Crippen LogP contribution in [0.25, 0.3) is 0 Å². The maximum atomic E-state index is 11.8. The normalized spacial score (nSPS) is 28.3. The summed E-state index contributed by atoms with van der Waals surface area (Å²) in [4.78, 5) is 0. The van der Waals surface area contributed by atoms with Crippen molar-refractivity contribution in [1.82, 2.24) is 14.9 Å². The van der Waals surface area contributed by atoms with Crippen molar-refractivity contribution in [3.8, 4) is 0 Å². The number of nitrogens with one attached hydrogen (secondary N) is 2. The first-order valence-corrected chi connectivity index (χ1v) is 8.40. The number of sulfone groups is 1. The summed E-state index contributed by atoms with van der Waals surface area (Å²) >= 11 is 5.80. The number of halogens is 1. The van der Waals surface area contributed by atoms with Gasteiger partial charge in [-0.05, 0) is 6.07 Å². The van der Waals surface area contributed by atoms with Crippen LogP contribution in [-0.4, -0.2) is 50.0 Å². The molecule has 2 atom stereocenters. The Labute approximate surface area is 104 Å². The molecule has 96 valence electrons. The molecule has 2 unspecified atom stereocenters. The topological polar surface area (TPSA) is 109 Å². The Morgan fingerprint density at radius 1 is 1.47 bits per heavy atom. The molecule has 1 fully saturated rings. The van der Waals surface area contributed by atoms with Crippen LogP contribution in [0.1, 0.15) is 0 Å². The molecule has 0 amide bonds. The summed E-state index contributed by atoms with van der Waals surface area (Å²) in [6.07, 6.45) is 1.29. The van der Waals surface area contributed by atoms with Gasteiger partial charge in [0.1, 0.15) is 0 Å². The third-order valence-electron chi connectivity index (χ3n) is 2.35. The molecule has 0 aromatic carbocycles. The number of H-pyrrole nitrogens is 1. The van der Waals surface area contributed by atoms with Gasteiger partial charge in [-0.2, -0.15) is 5.10 Å². The molecule has 0 saturated carbocycles. The molecule has 1 saturated heterocycles. The van der Waals surface area contributed by atoms with Crippen LogP contribution < -0.4 is 4.72 Å². The van der Waals surface area contributed by atoms with Crippen LogP contribution in [0.15, 0.2) is 17.3 Å². The maximum absolute atomic E-state index is 11.8. The van der Waals surface area contributed by atoms with E-state index < -0.39 is 31.3 Å². The number of aromatic amines is 1. The van der Waals surface area contributed by atoms with Gasteiger partial charge in [0.05, 0.1) is 29.1 Å². The van der Waals surface area contributed by atoms with E-state index in [1.807, 2.05) is 0 Å². The summed E-state index contributed by atoms with van der Waals surface area (Å²) in [6, 6.07) is 0.463. The number of aromatic nitrogens is 2. The molecule has 1 aromatic heterocycles. The van der Waals surface area contributed by atoms with E-state index in [2.05, 4.69) is 14.9 Å². The molecule has 0 aliphatic carbocycles. The fourth-order valence-electron chi connectivity index (χ4n) is 1.57. The molecule has 2 rings (SSSR count). The lowest BCUT2D eigenvalue weighted by molar-refractivity contribution is 0.559. The summed E-state index contributed by atoms with van der Waals surface area (Å²) < 4.78 is 48.4. The Bertz CT molecular complexity index is 595. The van der Waals surface area contributed by atoms with Crippen molar-refractivity contribution >= 4 is 31.5 Å². The molecule has 7 nitrogen and oxygen atoms in total. The molecule has 2 heterocycles. The highest BCUT2D eigenvalue weighted by molar-refractivity contribution is 7.92. The minimum absolute atomic E-state index is 0.120. The zero-order valence-electron chi connectivity index (χ0n) is 8.50. The Kier molecular flexibility index (Phi) is 3.19. The van der Waals surface area contributed by atoms with E-state index in [1.165, 1.54) is 12.3 Å². The van der Waals surface area contributed by atoms with Crippen molar-refractivity contribution < 1.29 is 16.8 Å². The first-order valence-electron chi connectivity index (χ1n) is 4.66. The number of nitrogens with zero attached hydrogens (tertiary/aromatic N) is 1. The second kappa shape index (κ2) is 4.23. The molecule has 1 aliphatic heterocycles. The van der Waals surface area contributed by atoms with Gasteiger partial charge in [0, 0.05) is 0 Å². The molecule has 1 aliphatic rings. The standard InChI is InChI=1S/C7H10ClN3O4S2/c8-5-3-16(12,13)4-6(5)11-17(14,15)7-1-2-9-10-7/h1-2,5-6,11H,3-4H2,(H,9,10). The molecule has 0 radical (unpaired) electrons. The van der Waals surface area contributed by atoms with Crippen LogP contribution in [0.3, 0.4) is 0 Å². The van der Waals surface area contributed by atoms with Crippen LogP contribution in [0, 0.1) is 0 Å². The molecule has 0 bridgehead atoms. The van der Waals surface area contributed by atoms with Crippen LogP contribution in [-0.2, 0) is 19.9 Å². The van der Waals surface area contributed by atoms with Gasteiger partial charge in [0.25, 0.3) is 10.0 Å².